The topological polar surface area (TPSA) is 83.6 Å². The lowest BCUT2D eigenvalue weighted by Gasteiger charge is -2.21. The number of ether oxygens (including phenoxy) is 1. The van der Waals surface area contributed by atoms with Crippen LogP contribution in [-0.2, 0) is 11.3 Å². The molecule has 0 saturated heterocycles. The first-order chi connectivity index (χ1) is 15.5. The fourth-order valence-corrected chi connectivity index (χ4v) is 3.85. The standard InChI is InChI=1S/C23H25ClN4O3S/c1-16(17-6-4-3-5-7-17)25-22(29)20-15-32-21(27-20)14-28(12-13-31-2)23(30)26-19-10-8-18(24)9-11-19/h3-11,15-16H,12-14H2,1-2H3,(H,25,29)(H,26,30). The van der Waals surface area contributed by atoms with E-state index in [1.165, 1.54) is 11.3 Å². The molecule has 0 aliphatic carbocycles. The molecule has 168 valence electrons. The highest BCUT2D eigenvalue weighted by atomic mass is 35.5. The molecule has 0 aliphatic rings. The van der Waals surface area contributed by atoms with Gasteiger partial charge in [0.1, 0.15) is 10.7 Å². The largest absolute Gasteiger partial charge is 0.383 e. The molecule has 0 bridgehead atoms. The van der Waals surface area contributed by atoms with Crippen molar-refractivity contribution in [1.82, 2.24) is 15.2 Å². The molecular weight excluding hydrogens is 448 g/mol. The highest BCUT2D eigenvalue weighted by Gasteiger charge is 2.19. The summed E-state index contributed by atoms with van der Waals surface area (Å²) in [5, 5.41) is 8.75. The second-order valence-electron chi connectivity index (χ2n) is 7.08. The number of methoxy groups -OCH3 is 1. The summed E-state index contributed by atoms with van der Waals surface area (Å²) in [5.41, 5.74) is 1.98. The number of hydrogen-bond acceptors (Lipinski definition) is 5. The molecule has 32 heavy (non-hydrogen) atoms. The molecular formula is C23H25ClN4O3S. The summed E-state index contributed by atoms with van der Waals surface area (Å²) in [7, 11) is 1.58. The summed E-state index contributed by atoms with van der Waals surface area (Å²) in [4.78, 5) is 31.4. The SMILES string of the molecule is COCCN(Cc1nc(C(=O)NC(C)c2ccccc2)cs1)C(=O)Nc1ccc(Cl)cc1. The van der Waals surface area contributed by atoms with Gasteiger partial charge in [-0.1, -0.05) is 41.9 Å². The lowest BCUT2D eigenvalue weighted by Crippen LogP contribution is -2.36. The number of amides is 3. The number of hydrogen-bond donors (Lipinski definition) is 2. The number of thiazole rings is 1. The molecule has 1 heterocycles. The van der Waals surface area contributed by atoms with Gasteiger partial charge in [-0.05, 0) is 36.8 Å². The average molecular weight is 473 g/mol. The first-order valence-corrected chi connectivity index (χ1v) is 11.3. The Morgan fingerprint density at radius 1 is 1.16 bits per heavy atom. The molecule has 0 saturated carbocycles. The zero-order chi connectivity index (χ0) is 22.9. The number of carbonyl (C=O) groups is 2. The molecule has 7 nitrogen and oxygen atoms in total. The van der Waals surface area contributed by atoms with Gasteiger partial charge in [0.25, 0.3) is 5.91 Å². The lowest BCUT2D eigenvalue weighted by molar-refractivity contribution is 0.0935. The van der Waals surface area contributed by atoms with Crippen molar-refractivity contribution in [3.8, 4) is 0 Å². The summed E-state index contributed by atoms with van der Waals surface area (Å²) in [6.07, 6.45) is 0. The Balaban J connectivity index is 1.63. The monoisotopic (exact) mass is 472 g/mol. The zero-order valence-corrected chi connectivity index (χ0v) is 19.4. The van der Waals surface area contributed by atoms with Gasteiger partial charge in [0.2, 0.25) is 0 Å². The van der Waals surface area contributed by atoms with Crippen LogP contribution >= 0.6 is 22.9 Å². The molecule has 3 amide bonds. The molecule has 3 rings (SSSR count). The molecule has 0 aliphatic heterocycles. The third-order valence-electron chi connectivity index (χ3n) is 4.71. The summed E-state index contributed by atoms with van der Waals surface area (Å²) in [6.45, 7) is 2.94. The minimum absolute atomic E-state index is 0.141. The van der Waals surface area contributed by atoms with E-state index in [1.54, 1.807) is 41.7 Å². The van der Waals surface area contributed by atoms with Crippen LogP contribution in [0.4, 0.5) is 10.5 Å². The number of urea groups is 1. The fourth-order valence-electron chi connectivity index (χ4n) is 2.94. The van der Waals surface area contributed by atoms with Crippen LogP contribution in [0, 0.1) is 0 Å². The van der Waals surface area contributed by atoms with Gasteiger partial charge >= 0.3 is 6.03 Å². The van der Waals surface area contributed by atoms with Gasteiger partial charge < -0.3 is 20.3 Å². The fraction of sp³-hybridized carbons (Fsp3) is 0.261. The first-order valence-electron chi connectivity index (χ1n) is 10.1. The molecule has 2 aromatic carbocycles. The molecule has 1 atom stereocenters. The highest BCUT2D eigenvalue weighted by Crippen LogP contribution is 2.17. The van der Waals surface area contributed by atoms with E-state index < -0.39 is 0 Å². The van der Waals surface area contributed by atoms with Crippen LogP contribution in [0.5, 0.6) is 0 Å². The Morgan fingerprint density at radius 3 is 2.56 bits per heavy atom. The Bertz CT molecular complexity index is 1030. The second kappa shape index (κ2) is 11.6. The quantitative estimate of drug-likeness (QED) is 0.460. The number of aromatic nitrogens is 1. The maximum Gasteiger partial charge on any atom is 0.322 e. The molecule has 1 unspecified atom stereocenters. The average Bonchev–Trinajstić information content (AvgIpc) is 3.27. The van der Waals surface area contributed by atoms with Gasteiger partial charge in [0, 0.05) is 29.7 Å². The van der Waals surface area contributed by atoms with Crippen LogP contribution in [0.2, 0.25) is 5.02 Å². The number of carbonyl (C=O) groups excluding carboxylic acids is 2. The van der Waals surface area contributed by atoms with E-state index in [4.69, 9.17) is 16.3 Å². The van der Waals surface area contributed by atoms with Crippen molar-refractivity contribution >= 4 is 40.6 Å². The lowest BCUT2D eigenvalue weighted by atomic mass is 10.1. The number of benzene rings is 2. The number of halogens is 1. The van der Waals surface area contributed by atoms with Crippen LogP contribution in [0.3, 0.4) is 0 Å². The van der Waals surface area contributed by atoms with Gasteiger partial charge in [-0.15, -0.1) is 11.3 Å². The Morgan fingerprint density at radius 2 is 1.88 bits per heavy atom. The zero-order valence-electron chi connectivity index (χ0n) is 17.9. The van der Waals surface area contributed by atoms with E-state index in [0.29, 0.717) is 34.6 Å². The van der Waals surface area contributed by atoms with E-state index >= 15 is 0 Å². The molecule has 0 radical (unpaired) electrons. The molecule has 2 N–H and O–H groups in total. The van der Waals surface area contributed by atoms with E-state index in [0.717, 1.165) is 5.56 Å². The van der Waals surface area contributed by atoms with Gasteiger partial charge in [0.05, 0.1) is 19.2 Å². The number of anilines is 1. The normalized spacial score (nSPS) is 11.6. The second-order valence-corrected chi connectivity index (χ2v) is 8.46. The Kier molecular flexibility index (Phi) is 8.61. The number of nitrogens with one attached hydrogen (secondary N) is 2. The third kappa shape index (κ3) is 6.78. The third-order valence-corrected chi connectivity index (χ3v) is 5.79. The molecule has 3 aromatic rings. The number of nitrogens with zero attached hydrogens (tertiary/aromatic N) is 2. The van der Waals surface area contributed by atoms with E-state index in [2.05, 4.69) is 15.6 Å². The van der Waals surface area contributed by atoms with Gasteiger partial charge in [-0.25, -0.2) is 9.78 Å². The molecule has 0 spiro atoms. The highest BCUT2D eigenvalue weighted by molar-refractivity contribution is 7.09. The molecule has 1 aromatic heterocycles. The van der Waals surface area contributed by atoms with E-state index in [-0.39, 0.29) is 24.5 Å². The molecule has 0 fully saturated rings. The van der Waals surface area contributed by atoms with Crippen molar-refractivity contribution in [2.45, 2.75) is 19.5 Å². The van der Waals surface area contributed by atoms with E-state index in [1.807, 2.05) is 37.3 Å². The predicted molar refractivity (Wildman–Crippen MR) is 127 cm³/mol. The van der Waals surface area contributed by atoms with Crippen molar-refractivity contribution in [2.24, 2.45) is 0 Å². The van der Waals surface area contributed by atoms with Gasteiger partial charge in [-0.2, -0.15) is 0 Å². The summed E-state index contributed by atoms with van der Waals surface area (Å²) in [5.74, 6) is -0.252. The Labute approximate surface area is 196 Å². The number of rotatable bonds is 9. The Hall–Kier alpha value is -2.94. The van der Waals surface area contributed by atoms with Crippen molar-refractivity contribution < 1.29 is 14.3 Å². The van der Waals surface area contributed by atoms with Crippen molar-refractivity contribution in [1.29, 1.82) is 0 Å². The minimum Gasteiger partial charge on any atom is -0.383 e. The first kappa shape index (κ1) is 23.7. The van der Waals surface area contributed by atoms with Crippen LogP contribution in [0.25, 0.3) is 0 Å². The summed E-state index contributed by atoms with van der Waals surface area (Å²) in [6, 6.07) is 16.2. The van der Waals surface area contributed by atoms with Crippen LogP contribution in [0.15, 0.2) is 60.0 Å². The van der Waals surface area contributed by atoms with E-state index in [9.17, 15) is 9.59 Å². The summed E-state index contributed by atoms with van der Waals surface area (Å²) < 4.78 is 5.14. The molecule has 9 heteroatoms. The van der Waals surface area contributed by atoms with Crippen molar-refractivity contribution in [2.75, 3.05) is 25.6 Å². The minimum atomic E-state index is -0.289. The van der Waals surface area contributed by atoms with Crippen molar-refractivity contribution in [3.05, 3.63) is 81.3 Å². The smallest absolute Gasteiger partial charge is 0.322 e. The van der Waals surface area contributed by atoms with Crippen LogP contribution in [-0.4, -0.2) is 42.1 Å². The predicted octanol–water partition coefficient (Wildman–Crippen LogP) is 4.97. The van der Waals surface area contributed by atoms with Crippen LogP contribution in [0.1, 0.15) is 34.0 Å². The van der Waals surface area contributed by atoms with Gasteiger partial charge in [-0.3, -0.25) is 4.79 Å². The summed E-state index contributed by atoms with van der Waals surface area (Å²) >= 11 is 7.24. The van der Waals surface area contributed by atoms with Crippen LogP contribution < -0.4 is 10.6 Å². The van der Waals surface area contributed by atoms with Crippen molar-refractivity contribution in [3.63, 3.8) is 0 Å². The maximum atomic E-state index is 12.8. The van der Waals surface area contributed by atoms with Gasteiger partial charge in [0.15, 0.2) is 0 Å². The maximum absolute atomic E-state index is 12.8.